The number of ether oxygens (including phenoxy) is 1. The fourth-order valence-corrected chi connectivity index (χ4v) is 0.714. The Morgan fingerprint density at radius 1 is 1.70 bits per heavy atom. The largest absolute Gasteiger partial charge is 0.479 e. The van der Waals surface area contributed by atoms with Gasteiger partial charge in [-0.1, -0.05) is 0 Å². The van der Waals surface area contributed by atoms with Crippen LogP contribution in [-0.2, 0) is 14.3 Å². The average Bonchev–Trinajstić information content (AvgIpc) is 2.13. The number of allylic oxidation sites excluding steroid dienone is 1. The second-order valence-corrected chi connectivity index (χ2v) is 2.23. The third-order valence-electron chi connectivity index (χ3n) is 1.32. The molecule has 0 aromatic carbocycles. The molecule has 0 aromatic heterocycles. The van der Waals surface area contributed by atoms with Crippen molar-refractivity contribution in [2.45, 2.75) is 20.0 Å². The highest BCUT2D eigenvalue weighted by molar-refractivity contribution is 6.04. The Bertz CT molecular complexity index is 215. The van der Waals surface area contributed by atoms with Crippen LogP contribution in [0.15, 0.2) is 11.8 Å². The van der Waals surface area contributed by atoms with Gasteiger partial charge in [0, 0.05) is 13.0 Å². The van der Waals surface area contributed by atoms with Gasteiger partial charge in [0.1, 0.15) is 0 Å². The van der Waals surface area contributed by atoms with Crippen molar-refractivity contribution >= 4 is 11.6 Å². The van der Waals surface area contributed by atoms with Crippen LogP contribution in [-0.4, -0.2) is 17.7 Å². The van der Waals surface area contributed by atoms with Gasteiger partial charge in [-0.05, 0) is 6.92 Å². The summed E-state index contributed by atoms with van der Waals surface area (Å²) in [7, 11) is 0. The Kier molecular flexibility index (Phi) is 1.57. The molecule has 1 atom stereocenters. The second kappa shape index (κ2) is 2.25. The van der Waals surface area contributed by atoms with Crippen LogP contribution in [0.4, 0.5) is 0 Å². The van der Waals surface area contributed by atoms with E-state index < -0.39 is 6.10 Å². The lowest BCUT2D eigenvalue weighted by Gasteiger charge is -2.02. The van der Waals surface area contributed by atoms with Crippen molar-refractivity contribution in [1.29, 1.82) is 0 Å². The van der Waals surface area contributed by atoms with Crippen LogP contribution in [0.1, 0.15) is 13.8 Å². The molecule has 0 amide bonds. The van der Waals surface area contributed by atoms with E-state index in [4.69, 9.17) is 4.74 Å². The number of hydrogen-bond acceptors (Lipinski definition) is 3. The molecular formula is C7H8O3. The van der Waals surface area contributed by atoms with E-state index in [1.54, 1.807) is 6.92 Å². The number of Topliss-reactive ketones (excluding diaryl/α,β-unsaturated/α-hetero) is 1. The van der Waals surface area contributed by atoms with Crippen LogP contribution >= 0.6 is 0 Å². The van der Waals surface area contributed by atoms with Gasteiger partial charge in [-0.15, -0.1) is 0 Å². The summed E-state index contributed by atoms with van der Waals surface area (Å²) < 4.78 is 4.90. The maximum absolute atomic E-state index is 10.7. The summed E-state index contributed by atoms with van der Waals surface area (Å²) >= 11 is 0. The Balaban J connectivity index is 2.77. The minimum absolute atomic E-state index is 0.134. The molecule has 0 radical (unpaired) electrons. The third kappa shape index (κ3) is 1.07. The summed E-state index contributed by atoms with van der Waals surface area (Å²) in [6.07, 6.45) is 0.770. The normalized spacial score (nSPS) is 24.0. The molecule has 1 aliphatic rings. The molecule has 1 aliphatic heterocycles. The van der Waals surface area contributed by atoms with Gasteiger partial charge in [0.15, 0.2) is 23.4 Å². The highest BCUT2D eigenvalue weighted by Gasteiger charge is 2.24. The van der Waals surface area contributed by atoms with E-state index in [-0.39, 0.29) is 17.3 Å². The van der Waals surface area contributed by atoms with Gasteiger partial charge in [-0.2, -0.15) is 0 Å². The second-order valence-electron chi connectivity index (χ2n) is 2.23. The van der Waals surface area contributed by atoms with E-state index in [9.17, 15) is 9.59 Å². The molecule has 0 N–H and O–H groups in total. The summed E-state index contributed by atoms with van der Waals surface area (Å²) in [6.45, 7) is 2.99. The van der Waals surface area contributed by atoms with Gasteiger partial charge in [0.2, 0.25) is 0 Å². The molecule has 0 spiro atoms. The van der Waals surface area contributed by atoms with Crippen molar-refractivity contribution in [2.24, 2.45) is 0 Å². The van der Waals surface area contributed by atoms with E-state index in [1.165, 1.54) is 13.0 Å². The van der Waals surface area contributed by atoms with Gasteiger partial charge in [0.05, 0.1) is 0 Å². The van der Waals surface area contributed by atoms with Crippen molar-refractivity contribution in [3.05, 3.63) is 11.8 Å². The zero-order chi connectivity index (χ0) is 7.72. The van der Waals surface area contributed by atoms with E-state index in [0.29, 0.717) is 0 Å². The van der Waals surface area contributed by atoms with Crippen LogP contribution in [0.2, 0.25) is 0 Å². The highest BCUT2D eigenvalue weighted by Crippen LogP contribution is 2.13. The molecule has 54 valence electrons. The zero-order valence-electron chi connectivity index (χ0n) is 5.88. The lowest BCUT2D eigenvalue weighted by Crippen LogP contribution is -2.10. The number of ketones is 2. The summed E-state index contributed by atoms with van der Waals surface area (Å²) in [4.78, 5) is 21.3. The SMILES string of the molecule is CC(=O)C1=CC(=O)C(C)O1. The maximum Gasteiger partial charge on any atom is 0.199 e. The molecule has 10 heavy (non-hydrogen) atoms. The molecule has 0 fully saturated rings. The van der Waals surface area contributed by atoms with E-state index in [1.807, 2.05) is 0 Å². The summed E-state index contributed by atoms with van der Waals surface area (Å²) in [5.74, 6) is -0.152. The number of hydrogen-bond donors (Lipinski definition) is 0. The highest BCUT2D eigenvalue weighted by atomic mass is 16.5. The number of rotatable bonds is 1. The minimum atomic E-state index is -0.473. The van der Waals surface area contributed by atoms with Crippen LogP contribution in [0.5, 0.6) is 0 Å². The molecule has 0 saturated heterocycles. The fourth-order valence-electron chi connectivity index (χ4n) is 0.714. The van der Waals surface area contributed by atoms with Gasteiger partial charge < -0.3 is 4.74 Å². The van der Waals surface area contributed by atoms with Crippen molar-refractivity contribution in [3.63, 3.8) is 0 Å². The van der Waals surface area contributed by atoms with Crippen LogP contribution in [0.25, 0.3) is 0 Å². The Hall–Kier alpha value is -1.12. The van der Waals surface area contributed by atoms with E-state index in [0.717, 1.165) is 0 Å². The van der Waals surface area contributed by atoms with Crippen LogP contribution in [0, 0.1) is 0 Å². The van der Waals surface area contributed by atoms with Gasteiger partial charge in [0.25, 0.3) is 0 Å². The van der Waals surface area contributed by atoms with Gasteiger partial charge >= 0.3 is 0 Å². The lowest BCUT2D eigenvalue weighted by atomic mass is 10.2. The minimum Gasteiger partial charge on any atom is -0.479 e. The molecule has 3 nitrogen and oxygen atoms in total. The van der Waals surface area contributed by atoms with Gasteiger partial charge in [-0.25, -0.2) is 0 Å². The summed E-state index contributed by atoms with van der Waals surface area (Å²) in [6, 6.07) is 0. The van der Waals surface area contributed by atoms with Crippen molar-refractivity contribution in [1.82, 2.24) is 0 Å². The first-order valence-electron chi connectivity index (χ1n) is 3.04. The molecule has 1 heterocycles. The molecule has 0 aromatic rings. The zero-order valence-corrected chi connectivity index (χ0v) is 5.88. The predicted molar refractivity (Wildman–Crippen MR) is 34.3 cm³/mol. The van der Waals surface area contributed by atoms with E-state index >= 15 is 0 Å². The Labute approximate surface area is 58.7 Å². The first kappa shape index (κ1) is 6.99. The van der Waals surface area contributed by atoms with Crippen molar-refractivity contribution in [3.8, 4) is 0 Å². The maximum atomic E-state index is 10.7. The molecule has 1 unspecified atom stereocenters. The first-order valence-corrected chi connectivity index (χ1v) is 3.04. The molecular weight excluding hydrogens is 132 g/mol. The van der Waals surface area contributed by atoms with Crippen molar-refractivity contribution in [2.75, 3.05) is 0 Å². The Morgan fingerprint density at radius 3 is 2.50 bits per heavy atom. The standard InChI is InChI=1S/C7H8O3/c1-4(8)7-3-6(9)5(2)10-7/h3,5H,1-2H3. The number of carbonyl (C=O) groups excluding carboxylic acids is 2. The molecule has 0 bridgehead atoms. The van der Waals surface area contributed by atoms with Crippen LogP contribution < -0.4 is 0 Å². The summed E-state index contributed by atoms with van der Waals surface area (Å²) in [5.41, 5.74) is 0. The quantitative estimate of drug-likeness (QED) is 0.531. The fraction of sp³-hybridized carbons (Fsp3) is 0.429. The predicted octanol–water partition coefficient (Wildman–Crippen LogP) is 0.447. The molecule has 3 heteroatoms. The Morgan fingerprint density at radius 2 is 2.30 bits per heavy atom. The van der Waals surface area contributed by atoms with Gasteiger partial charge in [-0.3, -0.25) is 9.59 Å². The first-order chi connectivity index (χ1) is 4.61. The smallest absolute Gasteiger partial charge is 0.199 e. The third-order valence-corrected chi connectivity index (χ3v) is 1.32. The topological polar surface area (TPSA) is 43.4 Å². The average molecular weight is 140 g/mol. The van der Waals surface area contributed by atoms with Crippen LogP contribution in [0.3, 0.4) is 0 Å². The lowest BCUT2D eigenvalue weighted by molar-refractivity contribution is -0.121. The summed E-state index contributed by atoms with van der Waals surface area (Å²) in [5, 5.41) is 0. The molecule has 0 aliphatic carbocycles. The monoisotopic (exact) mass is 140 g/mol. The molecule has 0 saturated carbocycles. The van der Waals surface area contributed by atoms with Crippen molar-refractivity contribution < 1.29 is 14.3 Å². The number of carbonyl (C=O) groups is 2. The molecule has 1 rings (SSSR count). The van der Waals surface area contributed by atoms with E-state index in [2.05, 4.69) is 0 Å².